The topological polar surface area (TPSA) is 9.23 Å². The van der Waals surface area contributed by atoms with Gasteiger partial charge in [0.05, 0.1) is 0 Å². The Labute approximate surface area is 194 Å². The molecule has 0 aliphatic carbocycles. The minimum absolute atomic E-state index is 0.214. The molecule has 1 nitrogen and oxygen atoms in total. The van der Waals surface area contributed by atoms with Crippen molar-refractivity contribution in [2.24, 2.45) is 0 Å². The third-order valence-electron chi connectivity index (χ3n) is 6.08. The number of rotatable bonds is 8. The predicted octanol–water partition coefficient (Wildman–Crippen LogP) is 8.49. The highest BCUT2D eigenvalue weighted by molar-refractivity contribution is 6.84. The number of hydrogen-bond acceptors (Lipinski definition) is 1. The van der Waals surface area contributed by atoms with E-state index in [2.05, 4.69) is 116 Å². The van der Waals surface area contributed by atoms with Crippen molar-refractivity contribution in [1.29, 1.82) is 0 Å². The van der Waals surface area contributed by atoms with Crippen LogP contribution in [0.2, 0.25) is 38.3 Å². The van der Waals surface area contributed by atoms with Crippen LogP contribution in [0.3, 0.4) is 0 Å². The number of aryl methyl sites for hydroxylation is 2. The summed E-state index contributed by atoms with van der Waals surface area (Å²) in [7, 11) is -3.36. The van der Waals surface area contributed by atoms with Gasteiger partial charge < -0.3 is 4.12 Å². The molecule has 0 aromatic heterocycles. The summed E-state index contributed by atoms with van der Waals surface area (Å²) < 4.78 is 6.90. The smallest absolute Gasteiger partial charge is 0.177 e. The van der Waals surface area contributed by atoms with Crippen LogP contribution in [0.1, 0.15) is 63.8 Å². The Morgan fingerprint density at radius 3 is 1.16 bits per heavy atom. The normalized spacial score (nSPS) is 13.5. The summed E-state index contributed by atoms with van der Waals surface area (Å²) in [6, 6.07) is 21.0. The van der Waals surface area contributed by atoms with Gasteiger partial charge in [0.2, 0.25) is 0 Å². The Morgan fingerprint density at radius 2 is 0.903 bits per heavy atom. The number of hydrogen-bond donors (Lipinski definition) is 0. The molecule has 2 aromatic carbocycles. The summed E-state index contributed by atoms with van der Waals surface area (Å²) in [5, 5.41) is 0. The molecule has 0 fully saturated rings. The monoisotopic (exact) mass is 454 g/mol. The average Bonchev–Trinajstić information content (AvgIpc) is 2.63. The van der Waals surface area contributed by atoms with Gasteiger partial charge in [0, 0.05) is 0 Å². The fraction of sp³-hybridized carbons (Fsp3) is 0.571. The third kappa shape index (κ3) is 8.71. The molecule has 0 saturated heterocycles. The van der Waals surface area contributed by atoms with Crippen LogP contribution in [-0.2, 0) is 27.8 Å². The molecule has 2 rings (SSSR count). The van der Waals surface area contributed by atoms with Crippen LogP contribution < -0.4 is 0 Å². The van der Waals surface area contributed by atoms with Crippen molar-refractivity contribution in [3.63, 3.8) is 0 Å². The molecule has 31 heavy (non-hydrogen) atoms. The molecule has 0 unspecified atom stereocenters. The summed E-state index contributed by atoms with van der Waals surface area (Å²) in [6.45, 7) is 23.2. The summed E-state index contributed by atoms with van der Waals surface area (Å²) in [4.78, 5) is 0. The Hall–Kier alpha value is -1.17. The van der Waals surface area contributed by atoms with E-state index in [-0.39, 0.29) is 10.8 Å². The molecule has 0 radical (unpaired) electrons. The second kappa shape index (κ2) is 9.76. The zero-order valence-corrected chi connectivity index (χ0v) is 23.9. The highest BCUT2D eigenvalue weighted by Gasteiger charge is 2.33. The van der Waals surface area contributed by atoms with E-state index in [0.29, 0.717) is 0 Å². The van der Waals surface area contributed by atoms with Gasteiger partial charge in [-0.2, -0.15) is 0 Å². The molecule has 0 spiro atoms. The van der Waals surface area contributed by atoms with Crippen molar-refractivity contribution in [3.8, 4) is 0 Å². The van der Waals surface area contributed by atoms with Crippen molar-refractivity contribution in [2.45, 2.75) is 103 Å². The Morgan fingerprint density at radius 1 is 0.581 bits per heavy atom. The Balaban J connectivity index is 2.07. The van der Waals surface area contributed by atoms with Gasteiger partial charge in [0.25, 0.3) is 0 Å². The summed E-state index contributed by atoms with van der Waals surface area (Å²) in [6.07, 6.45) is 2.25. The molecule has 3 heteroatoms. The van der Waals surface area contributed by atoms with E-state index in [1.54, 1.807) is 0 Å². The SMILES string of the molecule is CC(C)(C)c1ccc(CC[Si](C)(CCc2ccc(C(C)(C)C)cc2)O[Si](C)(C)C)cc1. The molecule has 0 N–H and O–H groups in total. The van der Waals surface area contributed by atoms with E-state index in [4.69, 9.17) is 4.12 Å². The first-order valence-corrected chi connectivity index (χ1v) is 18.2. The molecule has 0 saturated carbocycles. The lowest BCUT2D eigenvalue weighted by Crippen LogP contribution is -2.45. The fourth-order valence-corrected chi connectivity index (χ4v) is 12.7. The molecule has 0 aliphatic heterocycles. The summed E-state index contributed by atoms with van der Waals surface area (Å²) >= 11 is 0. The minimum atomic E-state index is -1.79. The maximum atomic E-state index is 6.90. The van der Waals surface area contributed by atoms with Crippen molar-refractivity contribution in [3.05, 3.63) is 70.8 Å². The van der Waals surface area contributed by atoms with Crippen LogP contribution in [0, 0.1) is 0 Å². The highest BCUT2D eigenvalue weighted by Crippen LogP contribution is 2.29. The van der Waals surface area contributed by atoms with Gasteiger partial charge in [-0.25, -0.2) is 0 Å². The molecule has 0 bridgehead atoms. The van der Waals surface area contributed by atoms with E-state index in [9.17, 15) is 0 Å². The summed E-state index contributed by atoms with van der Waals surface area (Å²) in [5.41, 5.74) is 6.14. The van der Waals surface area contributed by atoms with Crippen LogP contribution in [0.15, 0.2) is 48.5 Å². The molecule has 0 aliphatic rings. The van der Waals surface area contributed by atoms with Crippen LogP contribution >= 0.6 is 0 Å². The van der Waals surface area contributed by atoms with E-state index in [1.165, 1.54) is 34.3 Å². The fourth-order valence-electron chi connectivity index (χ4n) is 4.13. The van der Waals surface area contributed by atoms with Crippen molar-refractivity contribution < 1.29 is 4.12 Å². The van der Waals surface area contributed by atoms with Crippen molar-refractivity contribution in [1.82, 2.24) is 0 Å². The van der Waals surface area contributed by atoms with Gasteiger partial charge in [0.15, 0.2) is 16.6 Å². The lowest BCUT2D eigenvalue weighted by atomic mass is 9.86. The average molecular weight is 455 g/mol. The molecule has 0 atom stereocenters. The van der Waals surface area contributed by atoms with Crippen LogP contribution in [0.4, 0.5) is 0 Å². The maximum absolute atomic E-state index is 6.90. The van der Waals surface area contributed by atoms with Gasteiger partial charge in [-0.1, -0.05) is 90.1 Å². The molecule has 0 amide bonds. The van der Waals surface area contributed by atoms with Crippen LogP contribution in [0.5, 0.6) is 0 Å². The van der Waals surface area contributed by atoms with Gasteiger partial charge in [-0.15, -0.1) is 0 Å². The Bertz CT molecular complexity index is 754. The van der Waals surface area contributed by atoms with Gasteiger partial charge in [0.1, 0.15) is 0 Å². The largest absolute Gasteiger partial charge is 0.455 e. The second-order valence-electron chi connectivity index (χ2n) is 12.6. The van der Waals surface area contributed by atoms with E-state index >= 15 is 0 Å². The zero-order valence-electron chi connectivity index (χ0n) is 21.9. The predicted molar refractivity (Wildman–Crippen MR) is 143 cm³/mol. The molecule has 172 valence electrons. The minimum Gasteiger partial charge on any atom is -0.455 e. The van der Waals surface area contributed by atoms with E-state index in [0.717, 1.165) is 12.8 Å². The zero-order chi connectivity index (χ0) is 23.5. The van der Waals surface area contributed by atoms with Gasteiger partial charge >= 0.3 is 0 Å². The maximum Gasteiger partial charge on any atom is 0.177 e. The lowest BCUT2D eigenvalue weighted by Gasteiger charge is -2.35. The third-order valence-corrected chi connectivity index (χ3v) is 13.1. The number of benzene rings is 2. The molecule has 2 aromatic rings. The standard InChI is InChI=1S/C28H46OSi2/c1-27(2,3)25-15-11-23(12-16-25)19-21-31(10,29-30(7,8)9)22-20-24-13-17-26(18-14-24)28(4,5)6/h11-18H,19-22H2,1-10H3. The van der Waals surface area contributed by atoms with E-state index < -0.39 is 16.6 Å². The first-order valence-electron chi connectivity index (χ1n) is 12.0. The van der Waals surface area contributed by atoms with Crippen LogP contribution in [0.25, 0.3) is 0 Å². The highest BCUT2D eigenvalue weighted by atomic mass is 28.4. The quantitative estimate of drug-likeness (QED) is 0.363. The molecular weight excluding hydrogens is 408 g/mol. The van der Waals surface area contributed by atoms with Crippen LogP contribution in [-0.4, -0.2) is 16.6 Å². The molecule has 0 heterocycles. The summed E-state index contributed by atoms with van der Waals surface area (Å²) in [5.74, 6) is 0. The Kier molecular flexibility index (Phi) is 8.22. The van der Waals surface area contributed by atoms with Gasteiger partial charge in [-0.05, 0) is 84.2 Å². The first kappa shape index (κ1) is 26.1. The van der Waals surface area contributed by atoms with E-state index in [1.807, 2.05) is 0 Å². The van der Waals surface area contributed by atoms with Crippen molar-refractivity contribution >= 4 is 16.6 Å². The van der Waals surface area contributed by atoms with Gasteiger partial charge in [-0.3, -0.25) is 0 Å². The molecular formula is C28H46OSi2. The first-order chi connectivity index (χ1) is 14.1. The second-order valence-corrected chi connectivity index (χ2v) is 21.5. The van der Waals surface area contributed by atoms with Crippen molar-refractivity contribution in [2.75, 3.05) is 0 Å². The lowest BCUT2D eigenvalue weighted by molar-refractivity contribution is 0.534.